The number of carbonyl (C=O) groups excluding carboxylic acids is 1. The van der Waals surface area contributed by atoms with E-state index in [2.05, 4.69) is 31.6 Å². The van der Waals surface area contributed by atoms with E-state index in [-0.39, 0.29) is 11.6 Å². The summed E-state index contributed by atoms with van der Waals surface area (Å²) >= 11 is 0. The van der Waals surface area contributed by atoms with Crippen LogP contribution in [0, 0.1) is 0 Å². The Bertz CT molecular complexity index is 892. The molecule has 7 nitrogen and oxygen atoms in total. The minimum Gasteiger partial charge on any atom is -0.353 e. The van der Waals surface area contributed by atoms with Crippen LogP contribution >= 0.6 is 0 Å². The lowest BCUT2D eigenvalue weighted by atomic mass is 10.1. The predicted octanol–water partition coefficient (Wildman–Crippen LogP) is 1.69. The first-order chi connectivity index (χ1) is 12.3. The van der Waals surface area contributed by atoms with Crippen molar-refractivity contribution in [3.63, 3.8) is 0 Å². The standard InChI is InChI=1S/C18H18N6O/c25-18(15-12-20-5-6-21-15)23-16-11-13-3-1-2-4-14(13)17(22-16)24-9-7-19-8-10-24/h1-6,11-12,19H,7-10H2,(H,22,23,25). The summed E-state index contributed by atoms with van der Waals surface area (Å²) < 4.78 is 0. The second-order valence-electron chi connectivity index (χ2n) is 5.83. The summed E-state index contributed by atoms with van der Waals surface area (Å²) in [7, 11) is 0. The highest BCUT2D eigenvalue weighted by Crippen LogP contribution is 2.28. The first kappa shape index (κ1) is 15.5. The highest BCUT2D eigenvalue weighted by Gasteiger charge is 2.17. The van der Waals surface area contributed by atoms with Crippen molar-refractivity contribution < 1.29 is 4.79 Å². The van der Waals surface area contributed by atoms with Crippen LogP contribution in [0.5, 0.6) is 0 Å². The molecule has 0 atom stereocenters. The summed E-state index contributed by atoms with van der Waals surface area (Å²) in [6.07, 6.45) is 4.47. The highest BCUT2D eigenvalue weighted by molar-refractivity contribution is 6.04. The summed E-state index contributed by atoms with van der Waals surface area (Å²) in [6.45, 7) is 3.62. The van der Waals surface area contributed by atoms with Gasteiger partial charge < -0.3 is 15.5 Å². The molecule has 1 aliphatic rings. The second-order valence-corrected chi connectivity index (χ2v) is 5.83. The molecular weight excluding hydrogens is 316 g/mol. The van der Waals surface area contributed by atoms with Crippen LogP contribution in [-0.4, -0.2) is 47.0 Å². The molecule has 1 saturated heterocycles. The largest absolute Gasteiger partial charge is 0.353 e. The Labute approximate surface area is 145 Å². The van der Waals surface area contributed by atoms with Gasteiger partial charge in [0.1, 0.15) is 17.3 Å². The number of nitrogens with zero attached hydrogens (tertiary/aromatic N) is 4. The Morgan fingerprint density at radius 3 is 2.80 bits per heavy atom. The minimum atomic E-state index is -0.317. The van der Waals surface area contributed by atoms with E-state index in [9.17, 15) is 4.79 Å². The molecule has 2 N–H and O–H groups in total. The number of nitrogens with one attached hydrogen (secondary N) is 2. The van der Waals surface area contributed by atoms with Gasteiger partial charge in [0.15, 0.2) is 0 Å². The molecule has 0 radical (unpaired) electrons. The topological polar surface area (TPSA) is 83.0 Å². The van der Waals surface area contributed by atoms with Crippen LogP contribution in [0.25, 0.3) is 10.8 Å². The van der Waals surface area contributed by atoms with Crippen LogP contribution in [0.1, 0.15) is 10.5 Å². The van der Waals surface area contributed by atoms with Gasteiger partial charge in [-0.25, -0.2) is 9.97 Å². The smallest absolute Gasteiger partial charge is 0.277 e. The number of rotatable bonds is 3. The van der Waals surface area contributed by atoms with E-state index in [1.807, 2.05) is 24.3 Å². The zero-order valence-electron chi connectivity index (χ0n) is 13.6. The van der Waals surface area contributed by atoms with Crippen molar-refractivity contribution in [2.45, 2.75) is 0 Å². The van der Waals surface area contributed by atoms with Crippen molar-refractivity contribution in [1.29, 1.82) is 0 Å². The number of anilines is 2. The molecule has 0 saturated carbocycles. The Hall–Kier alpha value is -3.06. The molecule has 1 fully saturated rings. The number of hydrogen-bond donors (Lipinski definition) is 2. The molecule has 7 heteroatoms. The molecule has 1 aliphatic heterocycles. The van der Waals surface area contributed by atoms with E-state index in [0.717, 1.165) is 42.8 Å². The van der Waals surface area contributed by atoms with E-state index in [1.54, 1.807) is 0 Å². The van der Waals surface area contributed by atoms with Gasteiger partial charge in [0.2, 0.25) is 0 Å². The number of piperazine rings is 1. The van der Waals surface area contributed by atoms with Gasteiger partial charge in [-0.2, -0.15) is 0 Å². The van der Waals surface area contributed by atoms with Crippen molar-refractivity contribution >= 4 is 28.3 Å². The molecule has 1 amide bonds. The lowest BCUT2D eigenvalue weighted by Gasteiger charge is -2.29. The molecule has 1 aromatic carbocycles. The Morgan fingerprint density at radius 2 is 2.00 bits per heavy atom. The van der Waals surface area contributed by atoms with E-state index in [4.69, 9.17) is 4.98 Å². The van der Waals surface area contributed by atoms with Crippen LogP contribution in [0.4, 0.5) is 11.6 Å². The summed E-state index contributed by atoms with van der Waals surface area (Å²) in [6, 6.07) is 9.97. The molecule has 3 heterocycles. The van der Waals surface area contributed by atoms with E-state index in [1.165, 1.54) is 18.6 Å². The molecule has 25 heavy (non-hydrogen) atoms. The fraction of sp³-hybridized carbons (Fsp3) is 0.222. The van der Waals surface area contributed by atoms with Gasteiger partial charge in [0, 0.05) is 44.0 Å². The average molecular weight is 334 g/mol. The van der Waals surface area contributed by atoms with Crippen LogP contribution in [0.2, 0.25) is 0 Å². The van der Waals surface area contributed by atoms with Gasteiger partial charge in [-0.05, 0) is 11.5 Å². The zero-order valence-corrected chi connectivity index (χ0v) is 13.6. The molecule has 4 rings (SSSR count). The number of carbonyl (C=O) groups is 1. The molecular formula is C18H18N6O. The molecule has 0 spiro atoms. The summed E-state index contributed by atoms with van der Waals surface area (Å²) in [5.74, 6) is 1.10. The van der Waals surface area contributed by atoms with Crippen molar-refractivity contribution in [3.05, 3.63) is 54.6 Å². The monoisotopic (exact) mass is 334 g/mol. The van der Waals surface area contributed by atoms with Gasteiger partial charge in [0.05, 0.1) is 6.20 Å². The first-order valence-corrected chi connectivity index (χ1v) is 8.24. The lowest BCUT2D eigenvalue weighted by molar-refractivity contribution is 0.102. The van der Waals surface area contributed by atoms with E-state index in [0.29, 0.717) is 5.82 Å². The van der Waals surface area contributed by atoms with Gasteiger partial charge in [-0.15, -0.1) is 0 Å². The lowest BCUT2D eigenvalue weighted by Crippen LogP contribution is -2.44. The summed E-state index contributed by atoms with van der Waals surface area (Å²) in [4.78, 5) is 27.3. The molecule has 0 bridgehead atoms. The van der Waals surface area contributed by atoms with E-state index >= 15 is 0 Å². The third-order valence-electron chi connectivity index (χ3n) is 4.17. The predicted molar refractivity (Wildman–Crippen MR) is 96.8 cm³/mol. The van der Waals surface area contributed by atoms with Crippen LogP contribution in [0.3, 0.4) is 0 Å². The summed E-state index contributed by atoms with van der Waals surface area (Å²) in [5.41, 5.74) is 0.265. The number of benzene rings is 1. The molecule has 2 aromatic heterocycles. The SMILES string of the molecule is O=C(Nc1cc2ccccc2c(N2CCNCC2)n1)c1cnccn1. The normalized spacial score (nSPS) is 14.5. The third kappa shape index (κ3) is 3.27. The molecule has 3 aromatic rings. The third-order valence-corrected chi connectivity index (χ3v) is 4.17. The number of hydrogen-bond acceptors (Lipinski definition) is 6. The quantitative estimate of drug-likeness (QED) is 0.758. The van der Waals surface area contributed by atoms with Crippen molar-refractivity contribution in [2.24, 2.45) is 0 Å². The molecule has 0 unspecified atom stereocenters. The van der Waals surface area contributed by atoms with Gasteiger partial charge in [0.25, 0.3) is 5.91 Å². The average Bonchev–Trinajstić information content (AvgIpc) is 2.68. The Morgan fingerprint density at radius 1 is 1.16 bits per heavy atom. The molecule has 126 valence electrons. The fourth-order valence-electron chi connectivity index (χ4n) is 2.96. The maximum Gasteiger partial charge on any atom is 0.277 e. The van der Waals surface area contributed by atoms with Crippen LogP contribution < -0.4 is 15.5 Å². The molecule has 0 aliphatic carbocycles. The zero-order chi connectivity index (χ0) is 17.1. The van der Waals surface area contributed by atoms with Crippen LogP contribution in [0.15, 0.2) is 48.9 Å². The number of pyridine rings is 1. The number of amides is 1. The number of fused-ring (bicyclic) bond motifs is 1. The fourth-order valence-corrected chi connectivity index (χ4v) is 2.96. The minimum absolute atomic E-state index is 0.265. The highest BCUT2D eigenvalue weighted by atomic mass is 16.1. The van der Waals surface area contributed by atoms with Crippen LogP contribution in [-0.2, 0) is 0 Å². The Balaban J connectivity index is 1.70. The first-order valence-electron chi connectivity index (χ1n) is 8.24. The number of aromatic nitrogens is 3. The maximum absolute atomic E-state index is 12.4. The summed E-state index contributed by atoms with van der Waals surface area (Å²) in [5, 5.41) is 8.31. The maximum atomic E-state index is 12.4. The van der Waals surface area contributed by atoms with Gasteiger partial charge >= 0.3 is 0 Å². The van der Waals surface area contributed by atoms with Gasteiger partial charge in [-0.3, -0.25) is 9.78 Å². The Kier molecular flexibility index (Phi) is 4.22. The van der Waals surface area contributed by atoms with Crippen molar-refractivity contribution in [2.75, 3.05) is 36.4 Å². The second kappa shape index (κ2) is 6.82. The van der Waals surface area contributed by atoms with Gasteiger partial charge in [-0.1, -0.05) is 24.3 Å². The van der Waals surface area contributed by atoms with Crippen molar-refractivity contribution in [1.82, 2.24) is 20.3 Å². The van der Waals surface area contributed by atoms with E-state index < -0.39 is 0 Å². The van der Waals surface area contributed by atoms with Crippen molar-refractivity contribution in [3.8, 4) is 0 Å².